The molecular formula is C45H86O4. The van der Waals surface area contributed by atoms with E-state index in [0.29, 0.717) is 13.2 Å². The quantitative estimate of drug-likeness (QED) is 0.0485. The summed E-state index contributed by atoms with van der Waals surface area (Å²) in [5.74, 6) is -0.722. The molecule has 1 saturated carbocycles. The van der Waals surface area contributed by atoms with Gasteiger partial charge in [-0.15, -0.1) is 0 Å². The molecule has 2 unspecified atom stereocenters. The second-order valence-corrected chi connectivity index (χ2v) is 16.1. The molecule has 0 spiro atoms. The molecule has 0 aromatic heterocycles. The highest BCUT2D eigenvalue weighted by Gasteiger charge is 2.48. The Morgan fingerprint density at radius 3 is 1.10 bits per heavy atom. The number of hydrogen-bond acceptors (Lipinski definition) is 4. The first kappa shape index (κ1) is 46.0. The van der Waals surface area contributed by atoms with Gasteiger partial charge in [0.25, 0.3) is 0 Å². The second kappa shape index (κ2) is 34.0. The third-order valence-electron chi connectivity index (χ3n) is 11.4. The van der Waals surface area contributed by atoms with Gasteiger partial charge in [0, 0.05) is 0 Å². The predicted octanol–water partition coefficient (Wildman–Crippen LogP) is 14.8. The van der Waals surface area contributed by atoms with Crippen molar-refractivity contribution in [3.63, 3.8) is 0 Å². The van der Waals surface area contributed by atoms with E-state index in [4.69, 9.17) is 9.47 Å². The Morgan fingerprint density at radius 2 is 0.755 bits per heavy atom. The summed E-state index contributed by atoms with van der Waals surface area (Å²) in [5.41, 5.74) is -0.737. The normalized spacial score (nSPS) is 17.7. The molecule has 0 aromatic carbocycles. The Morgan fingerprint density at radius 1 is 0.449 bits per heavy atom. The summed E-state index contributed by atoms with van der Waals surface area (Å²) < 4.78 is 11.5. The molecule has 0 aliphatic heterocycles. The fourth-order valence-electron chi connectivity index (χ4n) is 7.86. The topological polar surface area (TPSA) is 52.6 Å². The predicted molar refractivity (Wildman–Crippen MR) is 211 cm³/mol. The third kappa shape index (κ3) is 25.5. The van der Waals surface area contributed by atoms with Crippen LogP contribution in [0.3, 0.4) is 0 Å². The first-order chi connectivity index (χ1) is 24.1. The van der Waals surface area contributed by atoms with E-state index in [-0.39, 0.29) is 17.9 Å². The Kier molecular flexibility index (Phi) is 31.9. The minimum absolute atomic E-state index is 0.178. The molecule has 1 fully saturated rings. The summed E-state index contributed by atoms with van der Waals surface area (Å²) in [6.07, 6.45) is 46.1. The highest BCUT2D eigenvalue weighted by Crippen LogP contribution is 2.43. The molecule has 1 aliphatic rings. The van der Waals surface area contributed by atoms with Gasteiger partial charge in [0.15, 0.2) is 0 Å². The molecule has 0 aromatic rings. The monoisotopic (exact) mass is 691 g/mol. The number of rotatable bonds is 36. The van der Waals surface area contributed by atoms with Crippen LogP contribution >= 0.6 is 0 Å². The van der Waals surface area contributed by atoms with E-state index in [2.05, 4.69) is 13.8 Å². The van der Waals surface area contributed by atoms with E-state index in [0.717, 1.165) is 51.4 Å². The van der Waals surface area contributed by atoms with Crippen LogP contribution in [0.2, 0.25) is 0 Å². The fourth-order valence-corrected chi connectivity index (χ4v) is 7.86. The average molecular weight is 691 g/mol. The van der Waals surface area contributed by atoms with Crippen LogP contribution < -0.4 is 0 Å². The molecule has 49 heavy (non-hydrogen) atoms. The smallest absolute Gasteiger partial charge is 0.312 e. The average Bonchev–Trinajstić information content (AvgIpc) is 3.10. The molecule has 290 valence electrons. The molecule has 1 aliphatic carbocycles. The van der Waals surface area contributed by atoms with Crippen molar-refractivity contribution in [2.24, 2.45) is 11.3 Å². The zero-order valence-corrected chi connectivity index (χ0v) is 33.6. The SMILES string of the molecule is CCCCCCCCCCCCCCCCCCOC(=O)C1CCCCC1(C)C(=O)OCCCCCCCCCCCCCCCCCC. The van der Waals surface area contributed by atoms with E-state index in [1.807, 2.05) is 6.92 Å². The molecule has 0 bridgehead atoms. The number of carbonyl (C=O) groups is 2. The van der Waals surface area contributed by atoms with Gasteiger partial charge in [-0.3, -0.25) is 9.59 Å². The van der Waals surface area contributed by atoms with Crippen molar-refractivity contribution in [3.05, 3.63) is 0 Å². The summed E-state index contributed by atoms with van der Waals surface area (Å²) in [6.45, 7) is 7.48. The molecule has 2 atom stereocenters. The molecule has 1 rings (SSSR count). The van der Waals surface area contributed by atoms with Crippen molar-refractivity contribution in [1.29, 1.82) is 0 Å². The van der Waals surface area contributed by atoms with Crippen molar-refractivity contribution in [3.8, 4) is 0 Å². The maximum Gasteiger partial charge on any atom is 0.312 e. The van der Waals surface area contributed by atoms with Gasteiger partial charge in [0.2, 0.25) is 0 Å². The largest absolute Gasteiger partial charge is 0.465 e. The zero-order chi connectivity index (χ0) is 35.5. The number of esters is 2. The summed E-state index contributed by atoms with van der Waals surface area (Å²) >= 11 is 0. The van der Waals surface area contributed by atoms with Crippen molar-refractivity contribution < 1.29 is 19.1 Å². The van der Waals surface area contributed by atoms with Crippen LogP contribution in [0.1, 0.15) is 252 Å². The van der Waals surface area contributed by atoms with E-state index in [1.165, 1.54) is 180 Å². The number of unbranched alkanes of at least 4 members (excludes halogenated alkanes) is 30. The van der Waals surface area contributed by atoms with Crippen LogP contribution in [0.5, 0.6) is 0 Å². The highest BCUT2D eigenvalue weighted by molar-refractivity contribution is 5.85. The van der Waals surface area contributed by atoms with Gasteiger partial charge in [-0.2, -0.15) is 0 Å². The maximum absolute atomic E-state index is 13.2. The summed E-state index contributed by atoms with van der Waals surface area (Å²) in [5, 5.41) is 0. The lowest BCUT2D eigenvalue weighted by Gasteiger charge is -2.37. The van der Waals surface area contributed by atoms with Crippen molar-refractivity contribution in [2.45, 2.75) is 252 Å². The maximum atomic E-state index is 13.2. The minimum atomic E-state index is -0.737. The van der Waals surface area contributed by atoms with Crippen molar-refractivity contribution in [1.82, 2.24) is 0 Å². The van der Waals surface area contributed by atoms with Gasteiger partial charge in [-0.05, 0) is 32.6 Å². The summed E-state index contributed by atoms with van der Waals surface area (Å²) in [6, 6.07) is 0. The Bertz CT molecular complexity index is 736. The zero-order valence-electron chi connectivity index (χ0n) is 33.6. The molecule has 4 nitrogen and oxygen atoms in total. The van der Waals surface area contributed by atoms with Gasteiger partial charge >= 0.3 is 11.9 Å². The van der Waals surface area contributed by atoms with Crippen LogP contribution in [0.4, 0.5) is 0 Å². The molecule has 0 saturated heterocycles. The second-order valence-electron chi connectivity index (χ2n) is 16.1. The van der Waals surface area contributed by atoms with E-state index in [1.54, 1.807) is 0 Å². The molecule has 0 N–H and O–H groups in total. The highest BCUT2D eigenvalue weighted by atomic mass is 16.5. The standard InChI is InChI=1S/C45H86O4/c1-4-6-8-10-12-14-16-18-20-22-24-26-28-30-32-36-40-48-43(46)42-38-34-35-39-45(42,3)44(47)49-41-37-33-31-29-27-25-23-21-19-17-15-13-11-9-7-5-2/h42H,4-41H2,1-3H3. The molecule has 0 amide bonds. The first-order valence-corrected chi connectivity index (χ1v) is 22.4. The van der Waals surface area contributed by atoms with Gasteiger partial charge < -0.3 is 9.47 Å². The Balaban J connectivity index is 2.01. The Hall–Kier alpha value is -1.06. The molecule has 4 heteroatoms. The number of ether oxygens (including phenoxy) is 2. The first-order valence-electron chi connectivity index (χ1n) is 22.4. The number of hydrogen-bond donors (Lipinski definition) is 0. The number of carbonyl (C=O) groups excluding carboxylic acids is 2. The van der Waals surface area contributed by atoms with Crippen LogP contribution in [-0.4, -0.2) is 25.2 Å². The van der Waals surface area contributed by atoms with E-state index in [9.17, 15) is 9.59 Å². The molecule has 0 radical (unpaired) electrons. The van der Waals surface area contributed by atoms with Crippen LogP contribution in [-0.2, 0) is 19.1 Å². The van der Waals surface area contributed by atoms with Gasteiger partial charge in [0.1, 0.15) is 0 Å². The van der Waals surface area contributed by atoms with Crippen LogP contribution in [0, 0.1) is 11.3 Å². The van der Waals surface area contributed by atoms with Crippen LogP contribution in [0.15, 0.2) is 0 Å². The summed E-state index contributed by atoms with van der Waals surface area (Å²) in [7, 11) is 0. The molecule has 0 heterocycles. The lowest BCUT2D eigenvalue weighted by atomic mass is 9.67. The van der Waals surface area contributed by atoms with Gasteiger partial charge in [-0.25, -0.2) is 0 Å². The van der Waals surface area contributed by atoms with Gasteiger partial charge in [0.05, 0.1) is 24.5 Å². The van der Waals surface area contributed by atoms with Gasteiger partial charge in [-0.1, -0.05) is 219 Å². The van der Waals surface area contributed by atoms with E-state index >= 15 is 0 Å². The lowest BCUT2D eigenvalue weighted by molar-refractivity contribution is -0.172. The Labute approximate surface area is 306 Å². The molecular weight excluding hydrogens is 604 g/mol. The minimum Gasteiger partial charge on any atom is -0.465 e. The third-order valence-corrected chi connectivity index (χ3v) is 11.4. The van der Waals surface area contributed by atoms with Crippen molar-refractivity contribution in [2.75, 3.05) is 13.2 Å². The van der Waals surface area contributed by atoms with Crippen molar-refractivity contribution >= 4 is 11.9 Å². The van der Waals surface area contributed by atoms with Crippen LogP contribution in [0.25, 0.3) is 0 Å². The lowest BCUT2D eigenvalue weighted by Crippen LogP contribution is -2.44. The summed E-state index contributed by atoms with van der Waals surface area (Å²) in [4.78, 5) is 26.3. The van der Waals surface area contributed by atoms with E-state index < -0.39 is 5.41 Å². The fraction of sp³-hybridized carbons (Fsp3) is 0.956.